The number of hydrogen-bond donors (Lipinski definition) is 2. The first-order chi connectivity index (χ1) is 6.68. The zero-order valence-corrected chi connectivity index (χ0v) is 9.12. The molecule has 0 aromatic heterocycles. The number of guanidine groups is 1. The first kappa shape index (κ1) is 12.5. The minimum absolute atomic E-state index is 0.136. The fourth-order valence-corrected chi connectivity index (χ4v) is 0.993. The van der Waals surface area contributed by atoms with E-state index in [0.717, 1.165) is 5.56 Å². The zero-order valence-electron chi connectivity index (χ0n) is 9.12. The summed E-state index contributed by atoms with van der Waals surface area (Å²) in [5.41, 5.74) is 12.8. The van der Waals surface area contributed by atoms with Crippen LogP contribution in [0.15, 0.2) is 29.3 Å². The second-order valence-corrected chi connectivity index (χ2v) is 2.73. The van der Waals surface area contributed by atoms with Gasteiger partial charge in [0.05, 0.1) is 6.54 Å². The molecule has 14 heavy (non-hydrogen) atoms. The number of aryl methyl sites for hydroxylation is 1. The Kier molecular flexibility index (Phi) is 6.20. The summed E-state index contributed by atoms with van der Waals surface area (Å²) in [6, 6.07) is 8.10. The molecule has 4 N–H and O–H groups in total. The Morgan fingerprint density at radius 2 is 1.93 bits per heavy atom. The highest BCUT2D eigenvalue weighted by atomic mass is 15.0. The van der Waals surface area contributed by atoms with E-state index >= 15 is 0 Å². The number of hydrogen-bond acceptors (Lipinski definition) is 1. The number of nitrogens with zero attached hydrogens (tertiary/aromatic N) is 1. The molecule has 1 rings (SSSR count). The molecule has 0 aliphatic rings. The molecule has 1 aromatic rings. The zero-order chi connectivity index (χ0) is 11.0. The molecule has 0 atom stereocenters. The lowest BCUT2D eigenvalue weighted by molar-refractivity contribution is 1.05. The van der Waals surface area contributed by atoms with Gasteiger partial charge in [-0.2, -0.15) is 0 Å². The van der Waals surface area contributed by atoms with Crippen molar-refractivity contribution in [1.29, 1.82) is 0 Å². The summed E-state index contributed by atoms with van der Waals surface area (Å²) in [6.45, 7) is 6.60. The molecule has 3 heteroatoms. The molecule has 1 aromatic carbocycles. The normalized spacial score (nSPS) is 8.50. The van der Waals surface area contributed by atoms with Crippen LogP contribution < -0.4 is 11.5 Å². The quantitative estimate of drug-likeness (QED) is 0.555. The molecular weight excluding hydrogens is 174 g/mol. The first-order valence-corrected chi connectivity index (χ1v) is 4.79. The van der Waals surface area contributed by atoms with E-state index in [0.29, 0.717) is 6.54 Å². The fourth-order valence-electron chi connectivity index (χ4n) is 0.993. The molecule has 0 unspecified atom stereocenters. The standard InChI is InChI=1S/C9H13N3.C2H6/c1-7-3-2-4-8(5-7)6-12-9(10)11;1-2/h2-5H,6H2,1H3,(H4,10,11,12);1-2H3. The Bertz CT molecular complexity index is 288. The molecule has 0 heterocycles. The molecule has 0 fully saturated rings. The average molecular weight is 193 g/mol. The molecule has 3 nitrogen and oxygen atoms in total. The van der Waals surface area contributed by atoms with Gasteiger partial charge in [0.15, 0.2) is 5.96 Å². The lowest BCUT2D eigenvalue weighted by Crippen LogP contribution is -2.22. The molecule has 0 spiro atoms. The molecule has 0 amide bonds. The molecular formula is C11H19N3. The van der Waals surface area contributed by atoms with Crippen molar-refractivity contribution in [1.82, 2.24) is 0 Å². The van der Waals surface area contributed by atoms with Crippen molar-refractivity contribution in [3.63, 3.8) is 0 Å². The molecule has 0 radical (unpaired) electrons. The van der Waals surface area contributed by atoms with Gasteiger partial charge in [0.25, 0.3) is 0 Å². The number of rotatable bonds is 2. The van der Waals surface area contributed by atoms with Crippen LogP contribution in [0, 0.1) is 6.92 Å². The van der Waals surface area contributed by atoms with Crippen LogP contribution in [0.25, 0.3) is 0 Å². The topological polar surface area (TPSA) is 64.4 Å². The van der Waals surface area contributed by atoms with Crippen molar-refractivity contribution in [2.75, 3.05) is 0 Å². The van der Waals surface area contributed by atoms with E-state index in [4.69, 9.17) is 11.5 Å². The van der Waals surface area contributed by atoms with Gasteiger partial charge in [-0.3, -0.25) is 0 Å². The van der Waals surface area contributed by atoms with Crippen molar-refractivity contribution in [3.05, 3.63) is 35.4 Å². The Morgan fingerprint density at radius 3 is 2.43 bits per heavy atom. The Balaban J connectivity index is 0.000000791. The molecule has 0 saturated carbocycles. The predicted molar refractivity (Wildman–Crippen MR) is 62.0 cm³/mol. The van der Waals surface area contributed by atoms with E-state index in [9.17, 15) is 0 Å². The Morgan fingerprint density at radius 1 is 1.29 bits per heavy atom. The van der Waals surface area contributed by atoms with Crippen LogP contribution >= 0.6 is 0 Å². The second-order valence-electron chi connectivity index (χ2n) is 2.73. The van der Waals surface area contributed by atoms with Crippen molar-refractivity contribution in [3.8, 4) is 0 Å². The van der Waals surface area contributed by atoms with Gasteiger partial charge in [0, 0.05) is 0 Å². The number of benzene rings is 1. The minimum Gasteiger partial charge on any atom is -0.370 e. The van der Waals surface area contributed by atoms with Gasteiger partial charge in [-0.1, -0.05) is 43.7 Å². The minimum atomic E-state index is 0.136. The van der Waals surface area contributed by atoms with Crippen LogP contribution in [0.3, 0.4) is 0 Å². The van der Waals surface area contributed by atoms with Crippen molar-refractivity contribution in [2.45, 2.75) is 27.3 Å². The SMILES string of the molecule is CC.Cc1cccc(CN=C(N)N)c1. The molecule has 0 bridgehead atoms. The first-order valence-electron chi connectivity index (χ1n) is 4.79. The van der Waals surface area contributed by atoms with Crippen LogP contribution in [-0.2, 0) is 6.54 Å². The van der Waals surface area contributed by atoms with Gasteiger partial charge < -0.3 is 11.5 Å². The molecule has 78 valence electrons. The van der Waals surface area contributed by atoms with Crippen LogP contribution in [-0.4, -0.2) is 5.96 Å². The fraction of sp³-hybridized carbons (Fsp3) is 0.364. The van der Waals surface area contributed by atoms with E-state index in [-0.39, 0.29) is 5.96 Å². The maximum Gasteiger partial charge on any atom is 0.186 e. The average Bonchev–Trinajstić information content (AvgIpc) is 2.18. The largest absolute Gasteiger partial charge is 0.370 e. The maximum absolute atomic E-state index is 5.21. The van der Waals surface area contributed by atoms with Crippen molar-refractivity contribution in [2.24, 2.45) is 16.5 Å². The van der Waals surface area contributed by atoms with Crippen LogP contribution in [0.2, 0.25) is 0 Å². The van der Waals surface area contributed by atoms with Gasteiger partial charge in [-0.05, 0) is 12.5 Å². The lowest BCUT2D eigenvalue weighted by Gasteiger charge is -1.98. The smallest absolute Gasteiger partial charge is 0.186 e. The predicted octanol–water partition coefficient (Wildman–Crippen LogP) is 1.79. The molecule has 0 saturated heterocycles. The second kappa shape index (κ2) is 6.95. The Hall–Kier alpha value is -1.51. The van der Waals surface area contributed by atoms with Crippen LogP contribution in [0.4, 0.5) is 0 Å². The third-order valence-electron chi connectivity index (χ3n) is 1.53. The van der Waals surface area contributed by atoms with E-state index in [1.54, 1.807) is 0 Å². The lowest BCUT2D eigenvalue weighted by atomic mass is 10.1. The summed E-state index contributed by atoms with van der Waals surface area (Å²) in [7, 11) is 0. The summed E-state index contributed by atoms with van der Waals surface area (Å²) in [4.78, 5) is 3.91. The van der Waals surface area contributed by atoms with Crippen molar-refractivity contribution >= 4 is 5.96 Å². The summed E-state index contributed by atoms with van der Waals surface area (Å²) < 4.78 is 0. The Labute approximate surface area is 85.8 Å². The van der Waals surface area contributed by atoms with Gasteiger partial charge >= 0.3 is 0 Å². The van der Waals surface area contributed by atoms with Crippen molar-refractivity contribution < 1.29 is 0 Å². The highest BCUT2D eigenvalue weighted by molar-refractivity contribution is 5.75. The third kappa shape index (κ3) is 5.19. The van der Waals surface area contributed by atoms with Crippen LogP contribution in [0.1, 0.15) is 25.0 Å². The van der Waals surface area contributed by atoms with Gasteiger partial charge in [0.1, 0.15) is 0 Å². The van der Waals surface area contributed by atoms with Gasteiger partial charge in [-0.15, -0.1) is 0 Å². The summed E-state index contributed by atoms with van der Waals surface area (Å²) in [5, 5.41) is 0. The van der Waals surface area contributed by atoms with Gasteiger partial charge in [-0.25, -0.2) is 4.99 Å². The number of aliphatic imine (C=N–C) groups is 1. The summed E-state index contributed by atoms with van der Waals surface area (Å²) in [5.74, 6) is 0.136. The maximum atomic E-state index is 5.21. The molecule has 0 aliphatic heterocycles. The van der Waals surface area contributed by atoms with E-state index in [1.165, 1.54) is 5.56 Å². The van der Waals surface area contributed by atoms with E-state index in [1.807, 2.05) is 39.0 Å². The summed E-state index contributed by atoms with van der Waals surface area (Å²) in [6.07, 6.45) is 0. The summed E-state index contributed by atoms with van der Waals surface area (Å²) >= 11 is 0. The highest BCUT2D eigenvalue weighted by Gasteiger charge is 1.90. The van der Waals surface area contributed by atoms with E-state index in [2.05, 4.69) is 11.1 Å². The van der Waals surface area contributed by atoms with Crippen LogP contribution in [0.5, 0.6) is 0 Å². The third-order valence-corrected chi connectivity index (χ3v) is 1.53. The molecule has 0 aliphatic carbocycles. The highest BCUT2D eigenvalue weighted by Crippen LogP contribution is 2.04. The van der Waals surface area contributed by atoms with Gasteiger partial charge in [0.2, 0.25) is 0 Å². The monoisotopic (exact) mass is 193 g/mol. The number of nitrogens with two attached hydrogens (primary N) is 2. The van der Waals surface area contributed by atoms with E-state index < -0.39 is 0 Å².